The van der Waals surface area contributed by atoms with Gasteiger partial charge in [-0.3, -0.25) is 0 Å². The van der Waals surface area contributed by atoms with E-state index in [1.165, 1.54) is 0 Å². The first kappa shape index (κ1) is 14.2. The SMILES string of the molecule is CC(C)NCC(C)Sc1ccc(Cl)c(Cl)c1. The Hall–Kier alpha value is 0.110. The van der Waals surface area contributed by atoms with E-state index in [-0.39, 0.29) is 0 Å². The average molecular weight is 278 g/mol. The van der Waals surface area contributed by atoms with Crippen LogP contribution in [-0.2, 0) is 0 Å². The molecule has 90 valence electrons. The topological polar surface area (TPSA) is 12.0 Å². The third-order valence-corrected chi connectivity index (χ3v) is 3.88. The standard InChI is InChI=1S/C12H17Cl2NS/c1-8(2)15-7-9(3)16-10-4-5-11(13)12(14)6-10/h4-6,8-9,15H,7H2,1-3H3. The molecule has 0 aliphatic heterocycles. The van der Waals surface area contributed by atoms with Gasteiger partial charge in [0.15, 0.2) is 0 Å². The predicted molar refractivity (Wildman–Crippen MR) is 74.9 cm³/mol. The Balaban J connectivity index is 2.49. The van der Waals surface area contributed by atoms with Gasteiger partial charge in [-0.25, -0.2) is 0 Å². The molecule has 1 N–H and O–H groups in total. The first-order valence-corrected chi connectivity index (χ1v) is 6.97. The molecule has 1 aromatic rings. The van der Waals surface area contributed by atoms with Gasteiger partial charge < -0.3 is 5.32 Å². The summed E-state index contributed by atoms with van der Waals surface area (Å²) in [7, 11) is 0. The summed E-state index contributed by atoms with van der Waals surface area (Å²) >= 11 is 13.6. The zero-order valence-electron chi connectivity index (χ0n) is 9.76. The minimum atomic E-state index is 0.514. The average Bonchev–Trinajstić information content (AvgIpc) is 2.21. The van der Waals surface area contributed by atoms with Crippen molar-refractivity contribution in [3.8, 4) is 0 Å². The van der Waals surface area contributed by atoms with E-state index >= 15 is 0 Å². The molecule has 0 spiro atoms. The Morgan fingerprint density at radius 1 is 1.19 bits per heavy atom. The zero-order valence-corrected chi connectivity index (χ0v) is 12.1. The third-order valence-electron chi connectivity index (χ3n) is 2.04. The van der Waals surface area contributed by atoms with Gasteiger partial charge >= 0.3 is 0 Å². The molecule has 16 heavy (non-hydrogen) atoms. The van der Waals surface area contributed by atoms with Crippen molar-refractivity contribution in [2.75, 3.05) is 6.54 Å². The molecule has 1 nitrogen and oxygen atoms in total. The highest BCUT2D eigenvalue weighted by Crippen LogP contribution is 2.29. The van der Waals surface area contributed by atoms with Gasteiger partial charge in [0, 0.05) is 22.7 Å². The summed E-state index contributed by atoms with van der Waals surface area (Å²) in [6.45, 7) is 7.48. The number of hydrogen-bond donors (Lipinski definition) is 1. The zero-order chi connectivity index (χ0) is 12.1. The van der Waals surface area contributed by atoms with Crippen LogP contribution in [0.4, 0.5) is 0 Å². The number of hydrogen-bond acceptors (Lipinski definition) is 2. The van der Waals surface area contributed by atoms with Crippen LogP contribution in [-0.4, -0.2) is 17.8 Å². The van der Waals surface area contributed by atoms with Crippen LogP contribution in [0.25, 0.3) is 0 Å². The van der Waals surface area contributed by atoms with Gasteiger partial charge in [-0.05, 0) is 18.2 Å². The lowest BCUT2D eigenvalue weighted by Gasteiger charge is -2.14. The first-order chi connectivity index (χ1) is 7.49. The van der Waals surface area contributed by atoms with Crippen molar-refractivity contribution in [2.45, 2.75) is 37.0 Å². The van der Waals surface area contributed by atoms with Crippen LogP contribution in [0.15, 0.2) is 23.1 Å². The summed E-state index contributed by atoms with van der Waals surface area (Å²) in [5, 5.41) is 5.16. The maximum atomic E-state index is 5.96. The molecule has 0 bridgehead atoms. The fourth-order valence-corrected chi connectivity index (χ4v) is 2.57. The van der Waals surface area contributed by atoms with Crippen molar-refractivity contribution >= 4 is 35.0 Å². The number of thioether (sulfide) groups is 1. The molecule has 0 amide bonds. The normalized spacial score (nSPS) is 13.1. The second kappa shape index (κ2) is 6.75. The van der Waals surface area contributed by atoms with Crippen LogP contribution in [0.2, 0.25) is 10.0 Å². The lowest BCUT2D eigenvalue weighted by molar-refractivity contribution is 0.589. The molecule has 0 aliphatic carbocycles. The molecular formula is C12H17Cl2NS. The highest BCUT2D eigenvalue weighted by Gasteiger charge is 2.06. The first-order valence-electron chi connectivity index (χ1n) is 5.34. The molecule has 0 aromatic heterocycles. The smallest absolute Gasteiger partial charge is 0.0603 e. The van der Waals surface area contributed by atoms with Crippen LogP contribution in [0.3, 0.4) is 0 Å². The van der Waals surface area contributed by atoms with Gasteiger partial charge in [0.2, 0.25) is 0 Å². The summed E-state index contributed by atoms with van der Waals surface area (Å²) in [6.07, 6.45) is 0. The van der Waals surface area contributed by atoms with Crippen LogP contribution >= 0.6 is 35.0 Å². The molecule has 1 aromatic carbocycles. The Morgan fingerprint density at radius 3 is 2.44 bits per heavy atom. The van der Waals surface area contributed by atoms with E-state index in [1.54, 1.807) is 11.8 Å². The third kappa shape index (κ3) is 4.96. The van der Waals surface area contributed by atoms with E-state index in [2.05, 4.69) is 26.1 Å². The van der Waals surface area contributed by atoms with E-state index in [9.17, 15) is 0 Å². The van der Waals surface area contributed by atoms with E-state index < -0.39 is 0 Å². The number of rotatable bonds is 5. The molecule has 1 atom stereocenters. The largest absolute Gasteiger partial charge is 0.313 e. The van der Waals surface area contributed by atoms with E-state index in [0.29, 0.717) is 21.3 Å². The minimum absolute atomic E-state index is 0.514. The van der Waals surface area contributed by atoms with Gasteiger partial charge in [-0.2, -0.15) is 0 Å². The summed E-state index contributed by atoms with van der Waals surface area (Å²) in [5.41, 5.74) is 0. The van der Waals surface area contributed by atoms with Gasteiger partial charge in [0.05, 0.1) is 10.0 Å². The van der Waals surface area contributed by atoms with Gasteiger partial charge in [0.25, 0.3) is 0 Å². The second-order valence-electron chi connectivity index (χ2n) is 4.07. The van der Waals surface area contributed by atoms with E-state index in [1.807, 2.05) is 18.2 Å². The van der Waals surface area contributed by atoms with E-state index in [0.717, 1.165) is 11.4 Å². The van der Waals surface area contributed by atoms with Crippen molar-refractivity contribution in [1.29, 1.82) is 0 Å². The molecule has 0 heterocycles. The van der Waals surface area contributed by atoms with Crippen molar-refractivity contribution in [3.05, 3.63) is 28.2 Å². The Kier molecular flexibility index (Phi) is 5.98. The molecule has 0 saturated heterocycles. The minimum Gasteiger partial charge on any atom is -0.313 e. The fourth-order valence-electron chi connectivity index (χ4n) is 1.23. The van der Waals surface area contributed by atoms with E-state index in [4.69, 9.17) is 23.2 Å². The number of benzene rings is 1. The molecule has 1 rings (SSSR count). The maximum Gasteiger partial charge on any atom is 0.0603 e. The summed E-state index contributed by atoms with van der Waals surface area (Å²) < 4.78 is 0. The summed E-state index contributed by atoms with van der Waals surface area (Å²) in [6, 6.07) is 6.29. The second-order valence-corrected chi connectivity index (χ2v) is 6.39. The van der Waals surface area contributed by atoms with Crippen LogP contribution in [0, 0.1) is 0 Å². The van der Waals surface area contributed by atoms with Crippen LogP contribution in [0.1, 0.15) is 20.8 Å². The van der Waals surface area contributed by atoms with Crippen molar-refractivity contribution in [2.24, 2.45) is 0 Å². The Labute approximate surface area is 112 Å². The highest BCUT2D eigenvalue weighted by molar-refractivity contribution is 8.00. The molecule has 0 fully saturated rings. The molecule has 4 heteroatoms. The van der Waals surface area contributed by atoms with Gasteiger partial charge in [0.1, 0.15) is 0 Å². The number of nitrogens with one attached hydrogen (secondary N) is 1. The molecule has 0 radical (unpaired) electrons. The Bertz CT molecular complexity index is 342. The molecular weight excluding hydrogens is 261 g/mol. The molecule has 1 unspecified atom stereocenters. The molecule has 0 saturated carbocycles. The monoisotopic (exact) mass is 277 g/mol. The van der Waals surface area contributed by atoms with Crippen LogP contribution < -0.4 is 5.32 Å². The van der Waals surface area contributed by atoms with Crippen molar-refractivity contribution < 1.29 is 0 Å². The lowest BCUT2D eigenvalue weighted by atomic mass is 10.3. The van der Waals surface area contributed by atoms with Gasteiger partial charge in [-0.15, -0.1) is 11.8 Å². The van der Waals surface area contributed by atoms with Crippen molar-refractivity contribution in [1.82, 2.24) is 5.32 Å². The summed E-state index contributed by atoms with van der Waals surface area (Å²) in [4.78, 5) is 1.16. The lowest BCUT2D eigenvalue weighted by Crippen LogP contribution is -2.28. The maximum absolute atomic E-state index is 5.96. The highest BCUT2D eigenvalue weighted by atomic mass is 35.5. The summed E-state index contributed by atoms with van der Waals surface area (Å²) in [5.74, 6) is 0. The Morgan fingerprint density at radius 2 is 1.88 bits per heavy atom. The van der Waals surface area contributed by atoms with Crippen molar-refractivity contribution in [3.63, 3.8) is 0 Å². The number of halogens is 2. The quantitative estimate of drug-likeness (QED) is 0.797. The van der Waals surface area contributed by atoms with Crippen LogP contribution in [0.5, 0.6) is 0 Å². The predicted octanol–water partition coefficient (Wildman–Crippen LogP) is 4.47. The van der Waals surface area contributed by atoms with Gasteiger partial charge in [-0.1, -0.05) is 44.0 Å². The molecule has 0 aliphatic rings. The fraction of sp³-hybridized carbons (Fsp3) is 0.500.